The van der Waals surface area contributed by atoms with Gasteiger partial charge in [0.1, 0.15) is 7.85 Å². The second-order valence-corrected chi connectivity index (χ2v) is 10.4. The van der Waals surface area contributed by atoms with Crippen LogP contribution in [0.15, 0.2) is 66.9 Å². The van der Waals surface area contributed by atoms with E-state index >= 15 is 0 Å². The maximum atomic E-state index is 4.65. The molecule has 0 saturated heterocycles. The molecule has 0 spiro atoms. The van der Waals surface area contributed by atoms with Crippen molar-refractivity contribution in [1.82, 2.24) is 4.98 Å². The van der Waals surface area contributed by atoms with Crippen LogP contribution in [0.1, 0.15) is 62.5 Å². The van der Waals surface area contributed by atoms with E-state index in [4.69, 9.17) is 0 Å². The Morgan fingerprint density at radius 3 is 2.10 bits per heavy atom. The highest BCUT2D eigenvalue weighted by Gasteiger charge is 2.36. The summed E-state index contributed by atoms with van der Waals surface area (Å²) in [7, 11) is 2.54. The van der Waals surface area contributed by atoms with Crippen molar-refractivity contribution >= 4 is 7.85 Å². The molecule has 2 aromatic carbocycles. The molecule has 6 rings (SSSR count). The number of fused-ring (bicyclic) bond motifs is 6. The number of rotatable bonds is 3. The first-order valence-corrected chi connectivity index (χ1v) is 12.2. The molecule has 0 radical (unpaired) electrons. The average molecular weight is 407 g/mol. The summed E-state index contributed by atoms with van der Waals surface area (Å²) in [5.74, 6) is 1.84. The van der Waals surface area contributed by atoms with E-state index in [1.807, 2.05) is 6.20 Å². The number of aryl methyl sites for hydroxylation is 1. The van der Waals surface area contributed by atoms with Crippen molar-refractivity contribution in [3.63, 3.8) is 0 Å². The van der Waals surface area contributed by atoms with Crippen LogP contribution < -0.4 is 0 Å². The molecule has 3 aliphatic carbocycles. The predicted octanol–water partition coefficient (Wildman–Crippen LogP) is 6.93. The first-order chi connectivity index (χ1) is 15.1. The van der Waals surface area contributed by atoms with Crippen LogP contribution in [0.3, 0.4) is 0 Å². The Morgan fingerprint density at radius 1 is 0.806 bits per heavy atom. The van der Waals surface area contributed by atoms with Gasteiger partial charge in [0, 0.05) is 11.8 Å². The summed E-state index contributed by atoms with van der Waals surface area (Å²) in [5, 5.41) is 0.333. The molecule has 0 aliphatic heterocycles. The molecule has 0 N–H and O–H groups in total. The van der Waals surface area contributed by atoms with Gasteiger partial charge in [-0.05, 0) is 71.3 Å². The molecule has 2 bridgehead atoms. The van der Waals surface area contributed by atoms with Gasteiger partial charge in [0.2, 0.25) is 0 Å². The van der Waals surface area contributed by atoms with Crippen LogP contribution in [0.2, 0.25) is 0 Å². The number of pyridine rings is 1. The summed E-state index contributed by atoms with van der Waals surface area (Å²) in [6.07, 6.45) is 13.4. The second-order valence-electron chi connectivity index (χ2n) is 10.4. The van der Waals surface area contributed by atoms with Gasteiger partial charge < -0.3 is 0 Å². The monoisotopic (exact) mass is 407 g/mol. The molecule has 0 amide bonds. The van der Waals surface area contributed by atoms with Crippen LogP contribution in [0.25, 0.3) is 22.4 Å². The van der Waals surface area contributed by atoms with E-state index in [9.17, 15) is 0 Å². The van der Waals surface area contributed by atoms with Crippen LogP contribution in [-0.2, 0) is 5.31 Å². The maximum absolute atomic E-state index is 4.65. The van der Waals surface area contributed by atoms with Crippen molar-refractivity contribution in [3.05, 3.63) is 78.0 Å². The van der Waals surface area contributed by atoms with Gasteiger partial charge in [0.05, 0.1) is 5.69 Å². The molecule has 158 valence electrons. The fourth-order valence-electron chi connectivity index (χ4n) is 6.36. The highest BCUT2D eigenvalue weighted by molar-refractivity contribution is 6.16. The standard InChI is InChI=1S/C29H34BN/c1-21-6-2-3-11-27(21)28-18-25(16-17-31-28)24-12-14-26(15-13-24)29(30)19-22-7-4-8-23(20-29)10-5-9-22/h2-3,6,11-18,22-23H,4-5,7-10,19-20,30H2,1H3. The van der Waals surface area contributed by atoms with E-state index in [2.05, 4.69) is 80.4 Å². The van der Waals surface area contributed by atoms with Crippen molar-refractivity contribution < 1.29 is 0 Å². The lowest BCUT2D eigenvalue weighted by Crippen LogP contribution is -2.35. The Morgan fingerprint density at radius 2 is 1.45 bits per heavy atom. The van der Waals surface area contributed by atoms with Crippen LogP contribution in [0.5, 0.6) is 0 Å². The molecule has 3 fully saturated rings. The minimum absolute atomic E-state index is 0.333. The third kappa shape index (κ3) is 4.35. The molecule has 0 atom stereocenters. The van der Waals surface area contributed by atoms with Crippen molar-refractivity contribution in [3.8, 4) is 22.4 Å². The second kappa shape index (κ2) is 8.65. The van der Waals surface area contributed by atoms with Gasteiger partial charge in [-0.1, -0.05) is 87.1 Å². The molecule has 1 nitrogen and oxygen atoms in total. The van der Waals surface area contributed by atoms with Gasteiger partial charge in [0.25, 0.3) is 0 Å². The molecule has 3 saturated carbocycles. The number of benzene rings is 2. The van der Waals surface area contributed by atoms with Crippen LogP contribution in [0, 0.1) is 18.8 Å². The molecule has 2 heteroatoms. The smallest absolute Gasteiger partial charge is 0.115 e. The zero-order valence-corrected chi connectivity index (χ0v) is 19.1. The summed E-state index contributed by atoms with van der Waals surface area (Å²) in [5.41, 5.74) is 7.62. The molecule has 0 unspecified atom stereocenters. The van der Waals surface area contributed by atoms with Crippen LogP contribution in [-0.4, -0.2) is 12.8 Å². The molecular weight excluding hydrogens is 373 g/mol. The van der Waals surface area contributed by atoms with Crippen molar-refractivity contribution in [2.75, 3.05) is 0 Å². The lowest BCUT2D eigenvalue weighted by Gasteiger charge is -2.42. The van der Waals surface area contributed by atoms with Gasteiger partial charge in [-0.15, -0.1) is 0 Å². The SMILES string of the molecule is BC1(c2ccc(-c3ccnc(-c4ccccc4C)c3)cc2)CC2CCCC(CCC2)C1. The quantitative estimate of drug-likeness (QED) is 0.429. The first-order valence-electron chi connectivity index (χ1n) is 12.2. The van der Waals surface area contributed by atoms with Crippen molar-refractivity contribution in [2.45, 2.75) is 63.6 Å². The van der Waals surface area contributed by atoms with E-state index in [-0.39, 0.29) is 0 Å². The Kier molecular flexibility index (Phi) is 5.74. The number of nitrogens with zero attached hydrogens (tertiary/aromatic N) is 1. The van der Waals surface area contributed by atoms with Crippen LogP contribution in [0.4, 0.5) is 0 Å². The molecule has 1 aromatic heterocycles. The summed E-state index contributed by atoms with van der Waals surface area (Å²) in [6.45, 7) is 2.16. The highest BCUT2D eigenvalue weighted by Crippen LogP contribution is 2.45. The maximum Gasteiger partial charge on any atom is 0.115 e. The first kappa shape index (κ1) is 20.6. The Bertz CT molecular complexity index is 1010. The summed E-state index contributed by atoms with van der Waals surface area (Å²) in [6, 6.07) is 22.4. The minimum atomic E-state index is 0.333. The number of aromatic nitrogens is 1. The van der Waals surface area contributed by atoms with Gasteiger partial charge >= 0.3 is 0 Å². The average Bonchev–Trinajstić information content (AvgIpc) is 2.75. The van der Waals surface area contributed by atoms with E-state index in [0.29, 0.717) is 5.31 Å². The predicted molar refractivity (Wildman–Crippen MR) is 134 cm³/mol. The lowest BCUT2D eigenvalue weighted by molar-refractivity contribution is 0.207. The molecule has 1 heterocycles. The largest absolute Gasteiger partial charge is 0.256 e. The third-order valence-corrected chi connectivity index (χ3v) is 8.02. The minimum Gasteiger partial charge on any atom is -0.256 e. The number of hydrogen-bond acceptors (Lipinski definition) is 1. The lowest BCUT2D eigenvalue weighted by atomic mass is 9.53. The summed E-state index contributed by atoms with van der Waals surface area (Å²) in [4.78, 5) is 4.65. The molecule has 3 aliphatic rings. The Balaban J connectivity index is 1.43. The Labute approximate surface area is 188 Å². The van der Waals surface area contributed by atoms with E-state index in [1.54, 1.807) is 5.56 Å². The van der Waals surface area contributed by atoms with E-state index in [0.717, 1.165) is 17.5 Å². The van der Waals surface area contributed by atoms with E-state index in [1.165, 1.54) is 73.6 Å². The summed E-state index contributed by atoms with van der Waals surface area (Å²) >= 11 is 0. The molecular formula is C29H34BN. The van der Waals surface area contributed by atoms with Crippen molar-refractivity contribution in [2.24, 2.45) is 11.8 Å². The summed E-state index contributed by atoms with van der Waals surface area (Å²) < 4.78 is 0. The van der Waals surface area contributed by atoms with Gasteiger partial charge in [0.15, 0.2) is 0 Å². The fourth-order valence-corrected chi connectivity index (χ4v) is 6.36. The van der Waals surface area contributed by atoms with E-state index < -0.39 is 0 Å². The fraction of sp³-hybridized carbons (Fsp3) is 0.414. The molecule has 3 aromatic rings. The third-order valence-electron chi connectivity index (χ3n) is 8.02. The topological polar surface area (TPSA) is 12.9 Å². The van der Waals surface area contributed by atoms with Gasteiger partial charge in [-0.2, -0.15) is 0 Å². The Hall–Kier alpha value is -2.35. The van der Waals surface area contributed by atoms with Crippen molar-refractivity contribution in [1.29, 1.82) is 0 Å². The van der Waals surface area contributed by atoms with Gasteiger partial charge in [-0.3, -0.25) is 4.98 Å². The zero-order valence-electron chi connectivity index (χ0n) is 19.1. The highest BCUT2D eigenvalue weighted by atomic mass is 14.7. The van der Waals surface area contributed by atoms with Crippen LogP contribution >= 0.6 is 0 Å². The number of hydrogen-bond donors (Lipinski definition) is 0. The molecule has 31 heavy (non-hydrogen) atoms. The zero-order chi connectivity index (χ0) is 21.3. The van der Waals surface area contributed by atoms with Gasteiger partial charge in [-0.25, -0.2) is 0 Å². The normalized spacial score (nSPS) is 26.1.